The summed E-state index contributed by atoms with van der Waals surface area (Å²) in [5, 5.41) is 2.65. The molecule has 0 bridgehead atoms. The van der Waals surface area contributed by atoms with Crippen molar-refractivity contribution in [3.63, 3.8) is 0 Å². The fraction of sp³-hybridized carbons (Fsp3) is 0.529. The van der Waals surface area contributed by atoms with E-state index in [9.17, 15) is 18.0 Å². The third-order valence-electron chi connectivity index (χ3n) is 4.83. The molecule has 2 aliphatic heterocycles. The minimum Gasteiger partial charge on any atom is -0.497 e. The van der Waals surface area contributed by atoms with Gasteiger partial charge >= 0.3 is 0 Å². The molecule has 1 aromatic rings. The molecule has 2 saturated heterocycles. The molecule has 0 aliphatic carbocycles. The van der Waals surface area contributed by atoms with E-state index in [1.54, 1.807) is 17.0 Å². The second-order valence-electron chi connectivity index (χ2n) is 6.40. The molecule has 27 heavy (non-hydrogen) atoms. The van der Waals surface area contributed by atoms with E-state index in [4.69, 9.17) is 9.47 Å². The van der Waals surface area contributed by atoms with Gasteiger partial charge in [-0.2, -0.15) is 4.31 Å². The molecule has 10 heteroatoms. The highest BCUT2D eigenvalue weighted by Gasteiger charge is 2.36. The Kier molecular flexibility index (Phi) is 5.56. The van der Waals surface area contributed by atoms with Gasteiger partial charge in [0.1, 0.15) is 22.4 Å². The van der Waals surface area contributed by atoms with Gasteiger partial charge < -0.3 is 19.7 Å². The minimum atomic E-state index is -3.79. The second-order valence-corrected chi connectivity index (χ2v) is 8.31. The molecule has 2 heterocycles. The van der Waals surface area contributed by atoms with Gasteiger partial charge in [-0.25, -0.2) is 8.42 Å². The van der Waals surface area contributed by atoms with Gasteiger partial charge in [0.25, 0.3) is 0 Å². The van der Waals surface area contributed by atoms with Gasteiger partial charge in [-0.05, 0) is 18.6 Å². The first-order chi connectivity index (χ1) is 12.9. The lowest BCUT2D eigenvalue weighted by atomic mass is 10.2. The van der Waals surface area contributed by atoms with Crippen LogP contribution in [0.2, 0.25) is 0 Å². The topological polar surface area (TPSA) is 105 Å². The van der Waals surface area contributed by atoms with Crippen molar-refractivity contribution in [2.45, 2.75) is 23.8 Å². The summed E-state index contributed by atoms with van der Waals surface area (Å²) in [6.45, 7) is 0.900. The highest BCUT2D eigenvalue weighted by Crippen LogP contribution is 2.31. The minimum absolute atomic E-state index is 0.0344. The highest BCUT2D eigenvalue weighted by molar-refractivity contribution is 7.89. The zero-order valence-electron chi connectivity index (χ0n) is 15.3. The molecule has 1 N–H and O–H groups in total. The standard InChI is InChI=1S/C17H23N3O6S/c1-25-12-3-5-14(26-2)15(11-12)27(23,24)20-9-7-19(8-10-20)17(22)13-4-6-16(21)18-13/h3,5,11,13H,4,6-10H2,1-2H3,(H,18,21)/t13-/m1/s1. The van der Waals surface area contributed by atoms with Crippen molar-refractivity contribution in [1.82, 2.24) is 14.5 Å². The van der Waals surface area contributed by atoms with Gasteiger partial charge in [0.05, 0.1) is 14.2 Å². The fourth-order valence-electron chi connectivity index (χ4n) is 3.29. The Balaban J connectivity index is 1.72. The summed E-state index contributed by atoms with van der Waals surface area (Å²) in [5.41, 5.74) is 0. The SMILES string of the molecule is COc1ccc(OC)c(S(=O)(=O)N2CCN(C(=O)[C@H]3CCC(=O)N3)CC2)c1. The molecule has 0 radical (unpaired) electrons. The monoisotopic (exact) mass is 397 g/mol. The molecule has 0 unspecified atom stereocenters. The van der Waals surface area contributed by atoms with Crippen molar-refractivity contribution < 1.29 is 27.5 Å². The van der Waals surface area contributed by atoms with Crippen molar-refractivity contribution in [1.29, 1.82) is 0 Å². The predicted octanol–water partition coefficient (Wildman–Crippen LogP) is -0.185. The molecule has 0 saturated carbocycles. The van der Waals surface area contributed by atoms with Crippen molar-refractivity contribution in [2.24, 2.45) is 0 Å². The average Bonchev–Trinajstić information content (AvgIpc) is 3.13. The number of methoxy groups -OCH3 is 2. The van der Waals surface area contributed by atoms with Crippen LogP contribution in [0.4, 0.5) is 0 Å². The third-order valence-corrected chi connectivity index (χ3v) is 6.75. The van der Waals surface area contributed by atoms with Crippen LogP contribution in [0.5, 0.6) is 11.5 Å². The Labute approximate surface area is 158 Å². The summed E-state index contributed by atoms with van der Waals surface area (Å²) in [6, 6.07) is 4.11. The second kappa shape index (κ2) is 7.73. The molecule has 2 amide bonds. The molecule has 9 nitrogen and oxygen atoms in total. The van der Waals surface area contributed by atoms with Gasteiger partial charge in [-0.15, -0.1) is 0 Å². The van der Waals surface area contributed by atoms with E-state index in [0.29, 0.717) is 18.6 Å². The zero-order valence-corrected chi connectivity index (χ0v) is 16.1. The number of nitrogens with one attached hydrogen (secondary N) is 1. The molecule has 1 aromatic carbocycles. The lowest BCUT2D eigenvalue weighted by Crippen LogP contribution is -2.54. The lowest BCUT2D eigenvalue weighted by molar-refractivity contribution is -0.135. The van der Waals surface area contributed by atoms with E-state index in [2.05, 4.69) is 5.32 Å². The molecule has 148 valence electrons. The number of piperazine rings is 1. The van der Waals surface area contributed by atoms with Crippen LogP contribution in [0.1, 0.15) is 12.8 Å². The number of hydrogen-bond acceptors (Lipinski definition) is 6. The van der Waals surface area contributed by atoms with Gasteiger partial charge in [-0.1, -0.05) is 0 Å². The Bertz CT molecular complexity index is 833. The van der Waals surface area contributed by atoms with Crippen LogP contribution in [0.15, 0.2) is 23.1 Å². The number of hydrogen-bond donors (Lipinski definition) is 1. The van der Waals surface area contributed by atoms with Gasteiger partial charge in [-0.3, -0.25) is 9.59 Å². The maximum absolute atomic E-state index is 13.0. The molecular weight excluding hydrogens is 374 g/mol. The van der Waals surface area contributed by atoms with E-state index < -0.39 is 16.1 Å². The number of nitrogens with zero attached hydrogens (tertiary/aromatic N) is 2. The number of sulfonamides is 1. The summed E-state index contributed by atoms with van der Waals surface area (Å²) in [7, 11) is -0.921. The molecule has 1 atom stereocenters. The number of rotatable bonds is 5. The average molecular weight is 397 g/mol. The van der Waals surface area contributed by atoms with E-state index in [0.717, 1.165) is 0 Å². The van der Waals surface area contributed by atoms with Gasteiger partial charge in [0.15, 0.2) is 0 Å². The third kappa shape index (κ3) is 3.86. The molecule has 3 rings (SSSR count). The first kappa shape index (κ1) is 19.4. The Morgan fingerprint density at radius 1 is 1.15 bits per heavy atom. The summed E-state index contributed by atoms with van der Waals surface area (Å²) >= 11 is 0. The number of amides is 2. The van der Waals surface area contributed by atoms with Crippen LogP contribution < -0.4 is 14.8 Å². The van der Waals surface area contributed by atoms with Crippen molar-refractivity contribution in [3.05, 3.63) is 18.2 Å². The smallest absolute Gasteiger partial charge is 0.247 e. The molecule has 2 fully saturated rings. The maximum Gasteiger partial charge on any atom is 0.247 e. The Morgan fingerprint density at radius 3 is 2.41 bits per heavy atom. The van der Waals surface area contributed by atoms with Gasteiger partial charge in [0.2, 0.25) is 21.8 Å². The number of ether oxygens (including phenoxy) is 2. The van der Waals surface area contributed by atoms with Crippen LogP contribution in [0.25, 0.3) is 0 Å². The van der Waals surface area contributed by atoms with Crippen molar-refractivity contribution in [3.8, 4) is 11.5 Å². The fourth-order valence-corrected chi connectivity index (χ4v) is 4.89. The Morgan fingerprint density at radius 2 is 1.85 bits per heavy atom. The first-order valence-electron chi connectivity index (χ1n) is 8.67. The van der Waals surface area contributed by atoms with E-state index in [-0.39, 0.29) is 48.6 Å². The molecular formula is C17H23N3O6S. The normalized spacial score (nSPS) is 21.0. The summed E-state index contributed by atoms with van der Waals surface area (Å²) < 4.78 is 37.7. The van der Waals surface area contributed by atoms with E-state index >= 15 is 0 Å². The molecule has 2 aliphatic rings. The largest absolute Gasteiger partial charge is 0.497 e. The number of carbonyl (C=O) groups is 2. The summed E-state index contributed by atoms with van der Waals surface area (Å²) in [5.74, 6) is 0.375. The van der Waals surface area contributed by atoms with Crippen molar-refractivity contribution in [2.75, 3.05) is 40.4 Å². The molecule has 0 spiro atoms. The zero-order chi connectivity index (χ0) is 19.6. The quantitative estimate of drug-likeness (QED) is 0.739. The van der Waals surface area contributed by atoms with E-state index in [1.165, 1.54) is 24.6 Å². The predicted molar refractivity (Wildman–Crippen MR) is 96.0 cm³/mol. The summed E-state index contributed by atoms with van der Waals surface area (Å²) in [4.78, 5) is 25.4. The Hall–Kier alpha value is -2.33. The van der Waals surface area contributed by atoms with Crippen molar-refractivity contribution >= 4 is 21.8 Å². The number of benzene rings is 1. The van der Waals surface area contributed by atoms with Crippen LogP contribution >= 0.6 is 0 Å². The van der Waals surface area contributed by atoms with Gasteiger partial charge in [0, 0.05) is 38.7 Å². The highest BCUT2D eigenvalue weighted by atomic mass is 32.2. The molecule has 0 aromatic heterocycles. The lowest BCUT2D eigenvalue weighted by Gasteiger charge is -2.35. The van der Waals surface area contributed by atoms with Crippen LogP contribution in [0.3, 0.4) is 0 Å². The number of carbonyl (C=O) groups excluding carboxylic acids is 2. The summed E-state index contributed by atoms with van der Waals surface area (Å²) in [6.07, 6.45) is 0.831. The van der Waals surface area contributed by atoms with Crippen LogP contribution in [0, 0.1) is 0 Å². The maximum atomic E-state index is 13.0. The van der Waals surface area contributed by atoms with Crippen LogP contribution in [-0.4, -0.2) is 75.9 Å². The van der Waals surface area contributed by atoms with Crippen LogP contribution in [-0.2, 0) is 19.6 Å². The van der Waals surface area contributed by atoms with E-state index in [1.807, 2.05) is 0 Å². The first-order valence-corrected chi connectivity index (χ1v) is 10.1.